The largest absolute Gasteiger partial charge is 0.379 e. The van der Waals surface area contributed by atoms with Crippen molar-refractivity contribution in [1.29, 1.82) is 0 Å². The number of ether oxygens (including phenoxy) is 3. The van der Waals surface area contributed by atoms with Crippen molar-refractivity contribution in [3.8, 4) is 0 Å². The van der Waals surface area contributed by atoms with Crippen molar-refractivity contribution in [2.24, 2.45) is 0 Å². The SMILES string of the molecule is CCNCCCOCCOCCOCCCNC(=O)CCC(C)=O. The van der Waals surface area contributed by atoms with Crippen LogP contribution in [0.1, 0.15) is 39.5 Å². The highest BCUT2D eigenvalue weighted by molar-refractivity contribution is 5.83. The zero-order valence-corrected chi connectivity index (χ0v) is 15.2. The average Bonchev–Trinajstić information content (AvgIpc) is 2.56. The third-order valence-electron chi connectivity index (χ3n) is 3.13. The Labute approximate surface area is 145 Å². The van der Waals surface area contributed by atoms with Gasteiger partial charge >= 0.3 is 0 Å². The Hall–Kier alpha value is -1.02. The molecule has 0 saturated carbocycles. The number of Topliss-reactive ketones (excluding diaryl/α,β-unsaturated/α-hetero) is 1. The molecule has 7 heteroatoms. The highest BCUT2D eigenvalue weighted by atomic mass is 16.5. The summed E-state index contributed by atoms with van der Waals surface area (Å²) < 4.78 is 16.2. The Balaban J connectivity index is 3.10. The molecule has 0 aliphatic rings. The predicted octanol–water partition coefficient (Wildman–Crippen LogP) is 0.911. The first-order chi connectivity index (χ1) is 11.7. The summed E-state index contributed by atoms with van der Waals surface area (Å²) in [7, 11) is 0. The maximum Gasteiger partial charge on any atom is 0.220 e. The lowest BCUT2D eigenvalue weighted by atomic mass is 10.2. The standard InChI is InChI=1S/C17H34N2O5/c1-3-18-8-4-10-22-12-14-24-15-13-23-11-5-9-19-17(21)7-6-16(2)20/h18H,3-15H2,1-2H3,(H,19,21). The summed E-state index contributed by atoms with van der Waals surface area (Å²) in [4.78, 5) is 22.1. The summed E-state index contributed by atoms with van der Waals surface area (Å²) in [5, 5.41) is 6.00. The molecule has 0 heterocycles. The molecule has 0 saturated heterocycles. The Morgan fingerprint density at radius 3 is 1.88 bits per heavy atom. The van der Waals surface area contributed by atoms with E-state index in [4.69, 9.17) is 14.2 Å². The van der Waals surface area contributed by atoms with E-state index in [0.29, 0.717) is 46.0 Å². The summed E-state index contributed by atoms with van der Waals surface area (Å²) in [6.07, 6.45) is 2.34. The van der Waals surface area contributed by atoms with Gasteiger partial charge in [0.1, 0.15) is 5.78 Å². The number of hydrogen-bond donors (Lipinski definition) is 2. The fourth-order valence-electron chi connectivity index (χ4n) is 1.80. The zero-order chi connectivity index (χ0) is 17.9. The van der Waals surface area contributed by atoms with Gasteiger partial charge in [0.25, 0.3) is 0 Å². The lowest BCUT2D eigenvalue weighted by Gasteiger charge is -2.07. The van der Waals surface area contributed by atoms with Crippen LogP contribution in [0.5, 0.6) is 0 Å². The number of amides is 1. The van der Waals surface area contributed by atoms with Crippen molar-refractivity contribution >= 4 is 11.7 Å². The molecule has 0 aromatic heterocycles. The van der Waals surface area contributed by atoms with Gasteiger partial charge in [-0.2, -0.15) is 0 Å². The van der Waals surface area contributed by atoms with E-state index in [1.54, 1.807) is 0 Å². The van der Waals surface area contributed by atoms with Gasteiger partial charge in [-0.25, -0.2) is 0 Å². The summed E-state index contributed by atoms with van der Waals surface area (Å²) in [5.41, 5.74) is 0. The van der Waals surface area contributed by atoms with E-state index in [1.807, 2.05) is 0 Å². The first-order valence-corrected chi connectivity index (χ1v) is 8.87. The first-order valence-electron chi connectivity index (χ1n) is 8.87. The van der Waals surface area contributed by atoms with Crippen molar-refractivity contribution < 1.29 is 23.8 Å². The molecule has 0 radical (unpaired) electrons. The van der Waals surface area contributed by atoms with Crippen LogP contribution < -0.4 is 10.6 Å². The van der Waals surface area contributed by atoms with E-state index in [-0.39, 0.29) is 18.1 Å². The molecule has 7 nitrogen and oxygen atoms in total. The van der Waals surface area contributed by atoms with Crippen molar-refractivity contribution in [3.05, 3.63) is 0 Å². The molecule has 0 rings (SSSR count). The predicted molar refractivity (Wildman–Crippen MR) is 93.2 cm³/mol. The topological polar surface area (TPSA) is 85.9 Å². The van der Waals surface area contributed by atoms with Crippen LogP contribution in [-0.4, -0.2) is 71.0 Å². The van der Waals surface area contributed by atoms with Gasteiger partial charge in [-0.15, -0.1) is 0 Å². The molecule has 0 fully saturated rings. The summed E-state index contributed by atoms with van der Waals surface area (Å²) in [5.74, 6) is -0.0496. The highest BCUT2D eigenvalue weighted by Crippen LogP contribution is 1.90. The highest BCUT2D eigenvalue weighted by Gasteiger charge is 2.02. The summed E-state index contributed by atoms with van der Waals surface area (Å²) >= 11 is 0. The van der Waals surface area contributed by atoms with Crippen LogP contribution in [0.25, 0.3) is 0 Å². The molecule has 2 N–H and O–H groups in total. The Kier molecular flexibility index (Phi) is 17.5. The van der Waals surface area contributed by atoms with Crippen molar-refractivity contribution in [1.82, 2.24) is 10.6 Å². The molecule has 1 amide bonds. The minimum Gasteiger partial charge on any atom is -0.379 e. The van der Waals surface area contributed by atoms with Crippen LogP contribution in [0.3, 0.4) is 0 Å². The maximum absolute atomic E-state index is 11.3. The molecule has 24 heavy (non-hydrogen) atoms. The number of hydrogen-bond acceptors (Lipinski definition) is 6. The number of nitrogens with one attached hydrogen (secondary N) is 2. The second kappa shape index (κ2) is 18.3. The molecular formula is C17H34N2O5. The lowest BCUT2D eigenvalue weighted by molar-refractivity contribution is -0.124. The van der Waals surface area contributed by atoms with Crippen molar-refractivity contribution in [2.45, 2.75) is 39.5 Å². The van der Waals surface area contributed by atoms with Gasteiger partial charge in [-0.1, -0.05) is 6.92 Å². The van der Waals surface area contributed by atoms with Crippen LogP contribution in [0.15, 0.2) is 0 Å². The zero-order valence-electron chi connectivity index (χ0n) is 15.2. The van der Waals surface area contributed by atoms with Gasteiger partial charge in [0, 0.05) is 32.6 Å². The molecule has 0 atom stereocenters. The van der Waals surface area contributed by atoms with Crippen LogP contribution in [0, 0.1) is 0 Å². The van der Waals surface area contributed by atoms with Gasteiger partial charge in [0.15, 0.2) is 0 Å². The lowest BCUT2D eigenvalue weighted by Crippen LogP contribution is -2.25. The molecule has 0 spiro atoms. The Morgan fingerprint density at radius 2 is 1.33 bits per heavy atom. The van der Waals surface area contributed by atoms with Gasteiger partial charge in [-0.3, -0.25) is 4.79 Å². The molecule has 0 aliphatic carbocycles. The molecular weight excluding hydrogens is 312 g/mol. The van der Waals surface area contributed by atoms with E-state index in [9.17, 15) is 9.59 Å². The third-order valence-corrected chi connectivity index (χ3v) is 3.13. The van der Waals surface area contributed by atoms with Crippen LogP contribution in [0.2, 0.25) is 0 Å². The summed E-state index contributed by atoms with van der Waals surface area (Å²) in [6.45, 7) is 9.74. The second-order valence-electron chi connectivity index (χ2n) is 5.45. The fourth-order valence-corrected chi connectivity index (χ4v) is 1.80. The van der Waals surface area contributed by atoms with Gasteiger partial charge in [-0.05, 0) is 32.9 Å². The number of carbonyl (C=O) groups excluding carboxylic acids is 2. The fraction of sp³-hybridized carbons (Fsp3) is 0.882. The molecule has 0 unspecified atom stereocenters. The van der Waals surface area contributed by atoms with Gasteiger partial charge in [0.2, 0.25) is 5.91 Å². The number of rotatable bonds is 18. The number of carbonyl (C=O) groups is 2. The van der Waals surface area contributed by atoms with Crippen LogP contribution >= 0.6 is 0 Å². The van der Waals surface area contributed by atoms with Crippen molar-refractivity contribution in [2.75, 3.05) is 59.3 Å². The van der Waals surface area contributed by atoms with E-state index in [1.165, 1.54) is 6.92 Å². The van der Waals surface area contributed by atoms with Gasteiger partial charge in [0.05, 0.1) is 26.4 Å². The second-order valence-corrected chi connectivity index (χ2v) is 5.45. The smallest absolute Gasteiger partial charge is 0.220 e. The normalized spacial score (nSPS) is 10.8. The molecule has 0 bridgehead atoms. The van der Waals surface area contributed by atoms with Crippen LogP contribution in [-0.2, 0) is 23.8 Å². The van der Waals surface area contributed by atoms with E-state index in [2.05, 4.69) is 17.6 Å². The van der Waals surface area contributed by atoms with Crippen molar-refractivity contribution in [3.63, 3.8) is 0 Å². The van der Waals surface area contributed by atoms with Crippen LogP contribution in [0.4, 0.5) is 0 Å². The van der Waals surface area contributed by atoms with E-state index < -0.39 is 0 Å². The van der Waals surface area contributed by atoms with Gasteiger partial charge < -0.3 is 29.6 Å². The van der Waals surface area contributed by atoms with E-state index >= 15 is 0 Å². The maximum atomic E-state index is 11.3. The minimum absolute atomic E-state index is 0.0346. The summed E-state index contributed by atoms with van der Waals surface area (Å²) in [6, 6.07) is 0. The molecule has 0 aliphatic heterocycles. The Morgan fingerprint density at radius 1 is 0.792 bits per heavy atom. The third kappa shape index (κ3) is 19.0. The molecule has 0 aromatic carbocycles. The van der Waals surface area contributed by atoms with E-state index in [0.717, 1.165) is 32.5 Å². The quantitative estimate of drug-likeness (QED) is 0.359. The molecule has 0 aromatic rings. The molecule has 142 valence electrons. The average molecular weight is 346 g/mol. The monoisotopic (exact) mass is 346 g/mol. The number of ketones is 1. The first kappa shape index (κ1) is 23.0. The Bertz CT molecular complexity index is 313. The minimum atomic E-state index is -0.0843.